The van der Waals surface area contributed by atoms with E-state index in [0.717, 1.165) is 51.8 Å². The van der Waals surface area contributed by atoms with Crippen molar-refractivity contribution in [3.63, 3.8) is 0 Å². The number of para-hydroxylation sites is 1. The third-order valence-corrected chi connectivity index (χ3v) is 10.8. The van der Waals surface area contributed by atoms with Crippen LogP contribution >= 0.6 is 31.9 Å². The lowest BCUT2D eigenvalue weighted by molar-refractivity contribution is -0.717. The van der Waals surface area contributed by atoms with Crippen molar-refractivity contribution in [2.24, 2.45) is 0 Å². The fourth-order valence-corrected chi connectivity index (χ4v) is 6.93. The highest BCUT2D eigenvalue weighted by Gasteiger charge is 2.39. The van der Waals surface area contributed by atoms with E-state index in [1.54, 1.807) is 4.90 Å². The first-order valence-electron chi connectivity index (χ1n) is 14.7. The first-order valence-corrected chi connectivity index (χ1v) is 16.3. The summed E-state index contributed by atoms with van der Waals surface area (Å²) in [5.41, 5.74) is 2.91. The van der Waals surface area contributed by atoms with Crippen LogP contribution in [0.2, 0.25) is 0 Å². The number of halogens is 2. The lowest BCUT2D eigenvalue weighted by Crippen LogP contribution is -3.00. The quantitative estimate of drug-likeness (QED) is 0.482. The van der Waals surface area contributed by atoms with Crippen molar-refractivity contribution in [2.45, 2.75) is 43.9 Å². The molecule has 10 nitrogen and oxygen atoms in total. The number of piperidine rings is 1. The number of urea groups is 1. The molecule has 0 aromatic heterocycles. The number of benzene rings is 2. The summed E-state index contributed by atoms with van der Waals surface area (Å²) in [5, 5.41) is 5.32. The second-order valence-corrected chi connectivity index (χ2v) is 13.3. The predicted octanol–water partition coefficient (Wildman–Crippen LogP) is 2.86. The van der Waals surface area contributed by atoms with E-state index in [4.69, 9.17) is 4.74 Å². The van der Waals surface area contributed by atoms with Crippen molar-refractivity contribution in [3.8, 4) is 0 Å². The maximum absolute atomic E-state index is 13.7. The lowest BCUT2D eigenvalue weighted by atomic mass is 10.0. The number of carbonyl (C=O) groups excluding carboxylic acids is 3. The molecule has 1 atom stereocenters. The minimum Gasteiger partial charge on any atom is -0.436 e. The third kappa shape index (κ3) is 6.46. The maximum atomic E-state index is 13.7. The average molecular weight is 705 g/mol. The van der Waals surface area contributed by atoms with Crippen molar-refractivity contribution in [2.75, 3.05) is 57.8 Å². The molecule has 4 aliphatic rings. The van der Waals surface area contributed by atoms with E-state index in [-0.39, 0.29) is 18.0 Å². The van der Waals surface area contributed by atoms with Crippen molar-refractivity contribution >= 4 is 55.6 Å². The van der Waals surface area contributed by atoms with E-state index in [9.17, 15) is 14.4 Å². The molecule has 1 unspecified atom stereocenters. The number of nitrogens with one attached hydrogen (secondary N) is 1. The van der Waals surface area contributed by atoms with E-state index in [1.807, 2.05) is 52.3 Å². The topological polar surface area (TPSA) is 102 Å². The van der Waals surface area contributed by atoms with Crippen molar-refractivity contribution in [1.29, 1.82) is 0 Å². The van der Waals surface area contributed by atoms with Gasteiger partial charge in [0.25, 0.3) is 5.91 Å². The largest absolute Gasteiger partial charge is 0.436 e. The van der Waals surface area contributed by atoms with Crippen molar-refractivity contribution in [1.82, 2.24) is 19.6 Å². The Balaban J connectivity index is 1.08. The van der Waals surface area contributed by atoms with Crippen LogP contribution in [0.3, 0.4) is 0 Å². The highest BCUT2D eigenvalue weighted by atomic mass is 79.9. The number of hydrogen-bond donors (Lipinski definition) is 2. The Morgan fingerprint density at radius 3 is 2.48 bits per heavy atom. The van der Waals surface area contributed by atoms with Gasteiger partial charge in [0.1, 0.15) is 6.04 Å². The van der Waals surface area contributed by atoms with Gasteiger partial charge in [-0.05, 0) is 80.4 Å². The van der Waals surface area contributed by atoms with Gasteiger partial charge in [-0.1, -0.05) is 24.3 Å². The summed E-state index contributed by atoms with van der Waals surface area (Å²) in [6.45, 7) is 5.77. The van der Waals surface area contributed by atoms with Gasteiger partial charge in [0.05, 0.1) is 19.8 Å². The first kappa shape index (κ1) is 29.4. The molecule has 42 heavy (non-hydrogen) atoms. The molecule has 4 heterocycles. The van der Waals surface area contributed by atoms with Gasteiger partial charge in [-0.15, -0.1) is 0 Å². The fourth-order valence-electron chi connectivity index (χ4n) is 6.26. The molecular weight excluding hydrogens is 668 g/mol. The van der Waals surface area contributed by atoms with E-state index in [1.165, 1.54) is 0 Å². The van der Waals surface area contributed by atoms with Crippen LogP contribution in [0.4, 0.5) is 15.3 Å². The van der Waals surface area contributed by atoms with Crippen molar-refractivity contribution < 1.29 is 24.4 Å². The van der Waals surface area contributed by atoms with Crippen LogP contribution in [0.5, 0.6) is 0 Å². The highest BCUT2D eigenvalue weighted by molar-refractivity contribution is 9.13. The van der Waals surface area contributed by atoms with Crippen LogP contribution in [0.25, 0.3) is 0 Å². The van der Waals surface area contributed by atoms with Gasteiger partial charge in [-0.2, -0.15) is 0 Å². The van der Waals surface area contributed by atoms with Crippen LogP contribution in [0.15, 0.2) is 51.4 Å². The smallest absolute Gasteiger partial charge is 0.410 e. The summed E-state index contributed by atoms with van der Waals surface area (Å²) in [6, 6.07) is 14.2. The monoisotopic (exact) mass is 703 g/mol. The molecule has 224 valence electrons. The molecule has 12 heteroatoms. The Morgan fingerprint density at radius 1 is 0.952 bits per heavy atom. The maximum Gasteiger partial charge on any atom is 0.410 e. The Bertz CT molecular complexity index is 1330. The molecule has 6 rings (SSSR count). The van der Waals surface area contributed by atoms with Gasteiger partial charge in [0.15, 0.2) is 6.10 Å². The van der Waals surface area contributed by atoms with Gasteiger partial charge in [0.2, 0.25) is 0 Å². The van der Waals surface area contributed by atoms with Crippen LogP contribution in [-0.4, -0.2) is 108 Å². The zero-order chi connectivity index (χ0) is 29.2. The number of nitrogens with zero attached hydrogens (tertiary/aromatic N) is 4. The summed E-state index contributed by atoms with van der Waals surface area (Å²) >= 11 is 7.05. The van der Waals surface area contributed by atoms with Crippen LogP contribution < -0.4 is 10.6 Å². The molecule has 2 aromatic rings. The van der Waals surface area contributed by atoms with Crippen molar-refractivity contribution in [3.05, 3.63) is 62.5 Å². The van der Waals surface area contributed by atoms with E-state index >= 15 is 0 Å². The second-order valence-electron chi connectivity index (χ2n) is 11.5. The van der Waals surface area contributed by atoms with E-state index in [0.29, 0.717) is 58.2 Å². The number of rotatable bonds is 6. The number of ether oxygens (including phenoxy) is 1. The molecule has 4 aliphatic heterocycles. The zero-order valence-corrected chi connectivity index (χ0v) is 26.7. The number of anilines is 1. The highest BCUT2D eigenvalue weighted by Crippen LogP contribution is 2.27. The second kappa shape index (κ2) is 12.9. The number of fused-ring (bicyclic) bond motifs is 1. The molecule has 0 bridgehead atoms. The Kier molecular flexibility index (Phi) is 9.04. The molecule has 0 radical (unpaired) electrons. The summed E-state index contributed by atoms with van der Waals surface area (Å²) in [6.07, 6.45) is 1.04. The molecule has 0 spiro atoms. The summed E-state index contributed by atoms with van der Waals surface area (Å²) in [5.74, 6) is -0.149. The number of hydrogen-bond acceptors (Lipinski definition) is 5. The van der Waals surface area contributed by atoms with Gasteiger partial charge in [0, 0.05) is 59.8 Å². The first-order chi connectivity index (χ1) is 20.4. The molecule has 0 aliphatic carbocycles. The summed E-state index contributed by atoms with van der Waals surface area (Å²) in [7, 11) is 0. The average Bonchev–Trinajstić information content (AvgIpc) is 3.36. The van der Waals surface area contributed by atoms with Crippen LogP contribution in [0, 0.1) is 0 Å². The molecule has 3 saturated heterocycles. The Morgan fingerprint density at radius 2 is 1.74 bits per heavy atom. The third-order valence-electron chi connectivity index (χ3n) is 8.94. The minimum absolute atomic E-state index is 0.0419. The molecular formula is C30H37Br2N6O4+. The van der Waals surface area contributed by atoms with Gasteiger partial charge in [-0.3, -0.25) is 9.69 Å². The fraction of sp³-hybridized carbons (Fsp3) is 0.500. The molecule has 2 aromatic carbocycles. The molecule has 4 amide bonds. The lowest BCUT2D eigenvalue weighted by Gasteiger charge is -2.38. The predicted molar refractivity (Wildman–Crippen MR) is 165 cm³/mol. The van der Waals surface area contributed by atoms with Gasteiger partial charge in [-0.25, -0.2) is 9.59 Å². The van der Waals surface area contributed by atoms with E-state index < -0.39 is 12.2 Å². The zero-order valence-electron chi connectivity index (χ0n) is 23.5. The standard InChI is InChI=1S/C30H36Br2N6O4/c31-24-6-5-20(15-25(24)32)16-27(28(39)37-14-13-36(19-37)23-17-33-18-23)42-30(41)35-10-8-22(9-11-35)38-12-7-21-3-1-2-4-26(21)34-29(38)40/h1-6,15,22-23,27,33H,7-14,16-19H2,(H,34,40)/p+1. The molecule has 0 saturated carbocycles. The number of amides is 4. The molecule has 3 fully saturated rings. The number of quaternary nitrogens is 1. The summed E-state index contributed by atoms with van der Waals surface area (Å²) in [4.78, 5) is 47.9. The van der Waals surface area contributed by atoms with Gasteiger partial charge >= 0.3 is 12.1 Å². The van der Waals surface area contributed by atoms with Crippen LogP contribution in [-0.2, 0) is 22.4 Å². The van der Waals surface area contributed by atoms with Gasteiger partial charge < -0.3 is 30.1 Å². The molecule has 3 N–H and O–H groups in total. The normalized spacial score (nSPS) is 20.9. The SMILES string of the molecule is O=C(OC(Cc1ccc(Br)c(Br)c1)C(=O)N1CCN(C2C[NH2+]C2)C1)N1CCC(N2CCc3ccccc3NC2=O)CC1. The summed E-state index contributed by atoms with van der Waals surface area (Å²) < 4.78 is 7.79. The number of likely N-dealkylation sites (tertiary alicyclic amines) is 1. The Hall–Kier alpha value is -2.67. The number of carbonyl (C=O) groups is 3. The Labute approximate surface area is 263 Å². The van der Waals surface area contributed by atoms with E-state index in [2.05, 4.69) is 47.4 Å². The number of nitrogens with two attached hydrogens (primary N) is 1. The minimum atomic E-state index is -0.911. The van der Waals surface area contributed by atoms with Crippen LogP contribution in [0.1, 0.15) is 24.0 Å².